The minimum absolute atomic E-state index is 0.183. The number of hydrogen-bond acceptors (Lipinski definition) is 7. The Hall–Kier alpha value is -3.00. The molecule has 8 nitrogen and oxygen atoms in total. The monoisotopic (exact) mass is 342 g/mol. The van der Waals surface area contributed by atoms with Gasteiger partial charge in [-0.15, -0.1) is 0 Å². The number of imidazole rings is 1. The molecule has 3 N–H and O–H groups in total. The number of hydrogen-bond donors (Lipinski definition) is 3. The molecule has 130 valence electrons. The van der Waals surface area contributed by atoms with E-state index in [4.69, 9.17) is 9.47 Å². The second-order valence-electron chi connectivity index (χ2n) is 5.79. The summed E-state index contributed by atoms with van der Waals surface area (Å²) in [6.07, 6.45) is 1.74. The third-order valence-corrected chi connectivity index (χ3v) is 4.24. The lowest BCUT2D eigenvalue weighted by atomic mass is 10.1. The largest absolute Gasteiger partial charge is 0.504 e. The van der Waals surface area contributed by atoms with E-state index in [1.54, 1.807) is 12.3 Å². The van der Waals surface area contributed by atoms with Crippen LogP contribution in [0, 0.1) is 0 Å². The molecule has 1 aromatic carbocycles. The fourth-order valence-corrected chi connectivity index (χ4v) is 2.89. The maximum atomic E-state index is 9.86. The minimum Gasteiger partial charge on any atom is -0.504 e. The molecule has 0 aliphatic carbocycles. The lowest BCUT2D eigenvalue weighted by molar-refractivity contribution is 0.122. The van der Waals surface area contributed by atoms with Gasteiger partial charge in [0.1, 0.15) is 11.6 Å². The van der Waals surface area contributed by atoms with E-state index in [2.05, 4.69) is 19.9 Å². The van der Waals surface area contributed by atoms with Gasteiger partial charge in [0.05, 0.1) is 37.6 Å². The molecule has 1 aliphatic rings. The lowest BCUT2D eigenvalue weighted by Crippen LogP contribution is -2.36. The Balaban J connectivity index is 1.73. The first kappa shape index (κ1) is 15.5. The van der Waals surface area contributed by atoms with Crippen molar-refractivity contribution in [2.45, 2.75) is 0 Å². The summed E-state index contributed by atoms with van der Waals surface area (Å²) >= 11 is 0. The third-order valence-electron chi connectivity index (χ3n) is 4.24. The summed E-state index contributed by atoms with van der Waals surface area (Å²) in [6.45, 7) is 2.99. The number of nitrogens with one attached hydrogen (secondary N) is 1. The van der Waals surface area contributed by atoms with Crippen LogP contribution >= 0.6 is 0 Å². The normalized spacial score (nSPS) is 14.8. The quantitative estimate of drug-likeness (QED) is 0.624. The second kappa shape index (κ2) is 6.14. The summed E-state index contributed by atoms with van der Waals surface area (Å²) in [5.41, 5.74) is 2.17. The highest BCUT2D eigenvalue weighted by atomic mass is 16.5. The zero-order valence-electron chi connectivity index (χ0n) is 13.7. The van der Waals surface area contributed by atoms with Crippen LogP contribution in [0.4, 0.5) is 5.82 Å². The van der Waals surface area contributed by atoms with E-state index < -0.39 is 0 Å². The number of fused-ring (bicyclic) bond motifs is 1. The molecule has 0 saturated carbocycles. The predicted octanol–water partition coefficient (Wildman–Crippen LogP) is 1.88. The van der Waals surface area contributed by atoms with Crippen LogP contribution in [0.3, 0.4) is 0 Å². The fourth-order valence-electron chi connectivity index (χ4n) is 2.89. The number of aromatic hydroxyl groups is 2. The standard InChI is InChI=1S/C17H18N4O4/c1-24-14-7-10(6-13(22)16(14)23)17-19-11-8-15(18-9-12(11)20-17)21-2-4-25-5-3-21/h6-9,22-23H,2-5H2,1H3,(H,19,20). The van der Waals surface area contributed by atoms with Crippen molar-refractivity contribution in [1.29, 1.82) is 0 Å². The van der Waals surface area contributed by atoms with Crippen LogP contribution in [0.25, 0.3) is 22.4 Å². The van der Waals surface area contributed by atoms with Gasteiger partial charge in [-0.25, -0.2) is 9.97 Å². The van der Waals surface area contributed by atoms with Gasteiger partial charge in [0.15, 0.2) is 11.5 Å². The Bertz CT molecular complexity index is 918. The molecule has 0 spiro atoms. The number of methoxy groups -OCH3 is 1. The summed E-state index contributed by atoms with van der Waals surface area (Å²) < 4.78 is 10.4. The Morgan fingerprint density at radius 3 is 2.76 bits per heavy atom. The number of H-pyrrole nitrogens is 1. The summed E-state index contributed by atoms with van der Waals surface area (Å²) in [6, 6.07) is 4.98. The number of aromatic amines is 1. The molecule has 1 fully saturated rings. The molecule has 0 unspecified atom stereocenters. The van der Waals surface area contributed by atoms with Crippen molar-refractivity contribution in [3.8, 4) is 28.6 Å². The molecule has 3 aromatic rings. The van der Waals surface area contributed by atoms with Crippen molar-refractivity contribution in [3.63, 3.8) is 0 Å². The maximum Gasteiger partial charge on any atom is 0.200 e. The van der Waals surface area contributed by atoms with Gasteiger partial charge in [-0.2, -0.15) is 0 Å². The number of rotatable bonds is 3. The predicted molar refractivity (Wildman–Crippen MR) is 92.2 cm³/mol. The first-order chi connectivity index (χ1) is 12.2. The van der Waals surface area contributed by atoms with Crippen molar-refractivity contribution in [3.05, 3.63) is 24.4 Å². The van der Waals surface area contributed by atoms with Crippen molar-refractivity contribution in [1.82, 2.24) is 15.0 Å². The number of benzene rings is 1. The molecule has 25 heavy (non-hydrogen) atoms. The van der Waals surface area contributed by atoms with E-state index in [-0.39, 0.29) is 17.2 Å². The summed E-state index contributed by atoms with van der Waals surface area (Å²) in [5, 5.41) is 19.6. The molecule has 1 aliphatic heterocycles. The average molecular weight is 342 g/mol. The zero-order chi connectivity index (χ0) is 17.4. The second-order valence-corrected chi connectivity index (χ2v) is 5.79. The van der Waals surface area contributed by atoms with Gasteiger partial charge >= 0.3 is 0 Å². The molecule has 3 heterocycles. The average Bonchev–Trinajstić information content (AvgIpc) is 3.08. The molecular weight excluding hydrogens is 324 g/mol. The highest BCUT2D eigenvalue weighted by Gasteiger charge is 2.16. The molecule has 0 amide bonds. The van der Waals surface area contributed by atoms with Crippen LogP contribution in [0.5, 0.6) is 17.2 Å². The van der Waals surface area contributed by atoms with Crippen LogP contribution in [0.1, 0.15) is 0 Å². The van der Waals surface area contributed by atoms with Gasteiger partial charge in [0, 0.05) is 24.7 Å². The number of phenols is 2. The Morgan fingerprint density at radius 2 is 2.00 bits per heavy atom. The van der Waals surface area contributed by atoms with Gasteiger partial charge in [-0.05, 0) is 12.1 Å². The summed E-state index contributed by atoms with van der Waals surface area (Å²) in [7, 11) is 1.43. The van der Waals surface area contributed by atoms with Crippen LogP contribution in [-0.2, 0) is 4.74 Å². The minimum atomic E-state index is -0.293. The highest BCUT2D eigenvalue weighted by Crippen LogP contribution is 2.39. The van der Waals surface area contributed by atoms with Gasteiger partial charge in [0.2, 0.25) is 5.75 Å². The molecule has 8 heteroatoms. The van der Waals surface area contributed by atoms with Crippen LogP contribution in [0.15, 0.2) is 24.4 Å². The number of phenolic OH excluding ortho intramolecular Hbond substituents is 2. The van der Waals surface area contributed by atoms with Gasteiger partial charge in [0.25, 0.3) is 0 Å². The fraction of sp³-hybridized carbons (Fsp3) is 0.294. The van der Waals surface area contributed by atoms with E-state index in [1.807, 2.05) is 6.07 Å². The van der Waals surface area contributed by atoms with Crippen molar-refractivity contribution in [2.75, 3.05) is 38.3 Å². The molecular formula is C17H18N4O4. The molecule has 0 atom stereocenters. The van der Waals surface area contributed by atoms with Gasteiger partial charge < -0.3 is 29.6 Å². The maximum absolute atomic E-state index is 9.86. The molecule has 0 bridgehead atoms. The van der Waals surface area contributed by atoms with E-state index in [1.165, 1.54) is 13.2 Å². The number of ether oxygens (including phenoxy) is 2. The van der Waals surface area contributed by atoms with E-state index in [0.717, 1.165) is 29.9 Å². The molecule has 4 rings (SSSR count). The van der Waals surface area contributed by atoms with E-state index >= 15 is 0 Å². The van der Waals surface area contributed by atoms with Crippen molar-refractivity contribution in [2.24, 2.45) is 0 Å². The first-order valence-electron chi connectivity index (χ1n) is 7.94. The Kier molecular flexibility index (Phi) is 3.81. The molecule has 0 radical (unpaired) electrons. The third kappa shape index (κ3) is 2.80. The first-order valence-corrected chi connectivity index (χ1v) is 7.94. The highest BCUT2D eigenvalue weighted by molar-refractivity contribution is 5.81. The van der Waals surface area contributed by atoms with E-state index in [0.29, 0.717) is 24.6 Å². The molecule has 2 aromatic heterocycles. The Morgan fingerprint density at radius 1 is 1.20 bits per heavy atom. The van der Waals surface area contributed by atoms with Crippen LogP contribution < -0.4 is 9.64 Å². The van der Waals surface area contributed by atoms with Crippen LogP contribution in [0.2, 0.25) is 0 Å². The number of aromatic nitrogens is 3. The number of anilines is 1. The van der Waals surface area contributed by atoms with Crippen molar-refractivity contribution >= 4 is 16.9 Å². The summed E-state index contributed by atoms with van der Waals surface area (Å²) in [4.78, 5) is 14.4. The van der Waals surface area contributed by atoms with Gasteiger partial charge in [-0.1, -0.05) is 0 Å². The zero-order valence-corrected chi connectivity index (χ0v) is 13.7. The number of pyridine rings is 1. The topological polar surface area (TPSA) is 104 Å². The van der Waals surface area contributed by atoms with Gasteiger partial charge in [-0.3, -0.25) is 0 Å². The SMILES string of the molecule is COc1cc(-c2nc3cc(N4CCOCC4)ncc3[nH]2)cc(O)c1O. The smallest absolute Gasteiger partial charge is 0.200 e. The Labute approximate surface area is 143 Å². The summed E-state index contributed by atoms with van der Waals surface area (Å²) in [5.74, 6) is 1.05. The number of morpholine rings is 1. The van der Waals surface area contributed by atoms with E-state index in [9.17, 15) is 10.2 Å². The number of nitrogens with zero attached hydrogens (tertiary/aromatic N) is 3. The molecule has 1 saturated heterocycles. The lowest BCUT2D eigenvalue weighted by Gasteiger charge is -2.27. The van der Waals surface area contributed by atoms with Crippen LogP contribution in [-0.4, -0.2) is 58.6 Å². The van der Waals surface area contributed by atoms with Crippen molar-refractivity contribution < 1.29 is 19.7 Å².